The van der Waals surface area contributed by atoms with Gasteiger partial charge in [0.1, 0.15) is 11.6 Å². The molecule has 27 heavy (non-hydrogen) atoms. The zero-order valence-corrected chi connectivity index (χ0v) is 16.7. The number of fused-ring (bicyclic) bond motifs is 1. The van der Waals surface area contributed by atoms with E-state index in [-0.39, 0.29) is 11.6 Å². The molecular formula is C21H31N5O. The van der Waals surface area contributed by atoms with Crippen molar-refractivity contribution in [1.82, 2.24) is 19.8 Å². The van der Waals surface area contributed by atoms with Crippen LogP contribution in [0, 0.1) is 0 Å². The number of hydrogen-bond acceptors (Lipinski definition) is 5. The molecule has 6 nitrogen and oxygen atoms in total. The molecular weight excluding hydrogens is 338 g/mol. The number of nitrogens with one attached hydrogen (secondary N) is 2. The average molecular weight is 370 g/mol. The molecule has 1 aliphatic rings. The third kappa shape index (κ3) is 4.76. The lowest BCUT2D eigenvalue weighted by molar-refractivity contribution is 0.373. The van der Waals surface area contributed by atoms with Gasteiger partial charge >= 0.3 is 0 Å². The summed E-state index contributed by atoms with van der Waals surface area (Å²) in [4.78, 5) is 20.4. The Hall–Kier alpha value is -2.18. The molecule has 0 saturated carbocycles. The molecule has 0 amide bonds. The van der Waals surface area contributed by atoms with E-state index in [4.69, 9.17) is 4.98 Å². The highest BCUT2D eigenvalue weighted by Gasteiger charge is 2.23. The van der Waals surface area contributed by atoms with Crippen molar-refractivity contribution in [3.05, 3.63) is 57.6 Å². The maximum Gasteiger partial charge on any atom is 0.259 e. The Kier molecular flexibility index (Phi) is 6.63. The first-order valence-corrected chi connectivity index (χ1v) is 9.89. The van der Waals surface area contributed by atoms with E-state index in [0.717, 1.165) is 61.7 Å². The lowest BCUT2D eigenvalue weighted by Crippen LogP contribution is -2.37. The van der Waals surface area contributed by atoms with Gasteiger partial charge in [0, 0.05) is 19.6 Å². The summed E-state index contributed by atoms with van der Waals surface area (Å²) in [6.45, 7) is 5.38. The molecule has 0 aliphatic carbocycles. The summed E-state index contributed by atoms with van der Waals surface area (Å²) < 4.78 is 1.87. The molecule has 1 atom stereocenters. The molecule has 1 aromatic heterocycles. The van der Waals surface area contributed by atoms with Gasteiger partial charge in [0.25, 0.3) is 5.56 Å². The monoisotopic (exact) mass is 369 g/mol. The number of aromatic nitrogens is 2. The molecule has 6 heteroatoms. The molecule has 0 bridgehead atoms. The molecule has 1 aliphatic heterocycles. The topological polar surface area (TPSA) is 62.2 Å². The quantitative estimate of drug-likeness (QED) is 0.747. The van der Waals surface area contributed by atoms with E-state index in [2.05, 4.69) is 48.7 Å². The smallest absolute Gasteiger partial charge is 0.259 e. The first-order chi connectivity index (χ1) is 13.1. The zero-order valence-electron chi connectivity index (χ0n) is 16.7. The Bertz CT molecular complexity index is 800. The van der Waals surface area contributed by atoms with Crippen LogP contribution < -0.4 is 16.2 Å². The summed E-state index contributed by atoms with van der Waals surface area (Å²) >= 11 is 0. The number of rotatable bonds is 8. The van der Waals surface area contributed by atoms with Gasteiger partial charge < -0.3 is 15.5 Å². The van der Waals surface area contributed by atoms with Crippen molar-refractivity contribution in [2.24, 2.45) is 0 Å². The molecule has 2 heterocycles. The molecule has 2 N–H and O–H groups in total. The maximum atomic E-state index is 13.3. The Morgan fingerprint density at radius 3 is 2.78 bits per heavy atom. The Labute approximate surface area is 161 Å². The number of likely N-dealkylation sites (N-methyl/N-ethyl adjacent to an activating group) is 1. The van der Waals surface area contributed by atoms with Gasteiger partial charge in [0.15, 0.2) is 0 Å². The molecule has 0 saturated heterocycles. The van der Waals surface area contributed by atoms with E-state index in [0.29, 0.717) is 6.54 Å². The SMILES string of the molecule is CCC(NCCN(C)C)c1nc2c(c(=O)n1Cc1ccccc1)CCCN2. The van der Waals surface area contributed by atoms with E-state index in [9.17, 15) is 4.79 Å². The van der Waals surface area contributed by atoms with Crippen LogP contribution in [0.15, 0.2) is 35.1 Å². The van der Waals surface area contributed by atoms with E-state index in [1.807, 2.05) is 22.8 Å². The zero-order chi connectivity index (χ0) is 19.2. The first-order valence-electron chi connectivity index (χ1n) is 9.89. The Balaban J connectivity index is 1.98. The molecule has 146 valence electrons. The molecule has 1 unspecified atom stereocenters. The predicted octanol–water partition coefficient (Wildman–Crippen LogP) is 2.25. The molecule has 1 aromatic carbocycles. The van der Waals surface area contributed by atoms with E-state index >= 15 is 0 Å². The largest absolute Gasteiger partial charge is 0.370 e. The standard InChI is InChI=1S/C21H31N5O/c1-4-18(22-13-14-25(2)3)20-24-19-17(11-8-12-23-19)21(27)26(20)15-16-9-6-5-7-10-16/h5-7,9-10,18,22-23H,4,8,11-15H2,1-3H3. The Morgan fingerprint density at radius 1 is 1.30 bits per heavy atom. The molecule has 3 rings (SSSR count). The van der Waals surface area contributed by atoms with Gasteiger partial charge in [-0.1, -0.05) is 37.3 Å². The third-order valence-corrected chi connectivity index (χ3v) is 5.04. The van der Waals surface area contributed by atoms with Crippen molar-refractivity contribution < 1.29 is 0 Å². The summed E-state index contributed by atoms with van der Waals surface area (Å²) in [6, 6.07) is 10.2. The van der Waals surface area contributed by atoms with Crippen molar-refractivity contribution in [3.8, 4) is 0 Å². The molecule has 0 fully saturated rings. The number of nitrogens with zero attached hydrogens (tertiary/aromatic N) is 3. The van der Waals surface area contributed by atoms with Gasteiger partial charge in [-0.15, -0.1) is 0 Å². The average Bonchev–Trinajstić information content (AvgIpc) is 2.68. The molecule has 0 spiro atoms. The minimum Gasteiger partial charge on any atom is -0.370 e. The van der Waals surface area contributed by atoms with Gasteiger partial charge in [0.2, 0.25) is 0 Å². The second-order valence-corrected chi connectivity index (χ2v) is 7.42. The van der Waals surface area contributed by atoms with E-state index in [1.54, 1.807) is 0 Å². The van der Waals surface area contributed by atoms with Crippen molar-refractivity contribution >= 4 is 5.82 Å². The van der Waals surface area contributed by atoms with E-state index < -0.39 is 0 Å². The van der Waals surface area contributed by atoms with Crippen LogP contribution in [-0.2, 0) is 13.0 Å². The van der Waals surface area contributed by atoms with Crippen LogP contribution in [0.2, 0.25) is 0 Å². The van der Waals surface area contributed by atoms with Crippen LogP contribution in [0.5, 0.6) is 0 Å². The van der Waals surface area contributed by atoms with Crippen LogP contribution in [0.25, 0.3) is 0 Å². The van der Waals surface area contributed by atoms with Crippen molar-refractivity contribution in [1.29, 1.82) is 0 Å². The van der Waals surface area contributed by atoms with Crippen molar-refractivity contribution in [2.45, 2.75) is 38.8 Å². The van der Waals surface area contributed by atoms with Crippen molar-refractivity contribution in [2.75, 3.05) is 39.0 Å². The van der Waals surface area contributed by atoms with Crippen molar-refractivity contribution in [3.63, 3.8) is 0 Å². The van der Waals surface area contributed by atoms with Gasteiger partial charge in [-0.3, -0.25) is 9.36 Å². The summed E-state index contributed by atoms with van der Waals surface area (Å²) in [5.41, 5.74) is 2.04. The van der Waals surface area contributed by atoms with Gasteiger partial charge in [-0.25, -0.2) is 4.98 Å². The fraction of sp³-hybridized carbons (Fsp3) is 0.524. The lowest BCUT2D eigenvalue weighted by Gasteiger charge is -2.25. The fourth-order valence-corrected chi connectivity index (χ4v) is 3.52. The number of benzene rings is 1. The van der Waals surface area contributed by atoms with Gasteiger partial charge in [0.05, 0.1) is 18.2 Å². The Morgan fingerprint density at radius 2 is 2.07 bits per heavy atom. The maximum absolute atomic E-state index is 13.3. The number of hydrogen-bond donors (Lipinski definition) is 2. The summed E-state index contributed by atoms with van der Waals surface area (Å²) in [5.74, 6) is 1.61. The highest BCUT2D eigenvalue weighted by molar-refractivity contribution is 5.46. The highest BCUT2D eigenvalue weighted by atomic mass is 16.1. The van der Waals surface area contributed by atoms with Crippen LogP contribution in [0.3, 0.4) is 0 Å². The second-order valence-electron chi connectivity index (χ2n) is 7.42. The summed E-state index contributed by atoms with van der Waals surface area (Å²) in [6.07, 6.45) is 2.66. The minimum atomic E-state index is 0.0513. The predicted molar refractivity (Wildman–Crippen MR) is 110 cm³/mol. The summed E-state index contributed by atoms with van der Waals surface area (Å²) in [5, 5.41) is 6.91. The normalized spacial score (nSPS) is 14.7. The minimum absolute atomic E-state index is 0.0513. The van der Waals surface area contributed by atoms with Crippen LogP contribution in [0.4, 0.5) is 5.82 Å². The van der Waals surface area contributed by atoms with Crippen LogP contribution in [-0.4, -0.2) is 48.2 Å². The lowest BCUT2D eigenvalue weighted by atomic mass is 10.1. The van der Waals surface area contributed by atoms with Gasteiger partial charge in [-0.2, -0.15) is 0 Å². The van der Waals surface area contributed by atoms with Gasteiger partial charge in [-0.05, 0) is 38.9 Å². The third-order valence-electron chi connectivity index (χ3n) is 5.04. The summed E-state index contributed by atoms with van der Waals surface area (Å²) in [7, 11) is 4.13. The molecule has 2 aromatic rings. The number of anilines is 1. The van der Waals surface area contributed by atoms with E-state index in [1.165, 1.54) is 0 Å². The first kappa shape index (κ1) is 19.6. The highest BCUT2D eigenvalue weighted by Crippen LogP contribution is 2.21. The van der Waals surface area contributed by atoms with Crippen LogP contribution >= 0.6 is 0 Å². The fourth-order valence-electron chi connectivity index (χ4n) is 3.52. The van der Waals surface area contributed by atoms with Crippen LogP contribution in [0.1, 0.15) is 42.8 Å². The second kappa shape index (κ2) is 9.15. The molecule has 0 radical (unpaired) electrons.